The number of hydrogen-bond acceptors (Lipinski definition) is 6. The summed E-state index contributed by atoms with van der Waals surface area (Å²) in [5.74, 6) is 0. The lowest BCUT2D eigenvalue weighted by molar-refractivity contribution is -0.00248. The first kappa shape index (κ1) is 14.7. The Bertz CT molecular complexity index is 371. The summed E-state index contributed by atoms with van der Waals surface area (Å²) in [6, 6.07) is 0. The summed E-state index contributed by atoms with van der Waals surface area (Å²) in [5.41, 5.74) is 1.07. The second kappa shape index (κ2) is 7.77. The SMILES string of the molecule is CCCOC1CCCN(Cc2nnsc2NCC)C1. The lowest BCUT2D eigenvalue weighted by atomic mass is 10.1. The lowest BCUT2D eigenvalue weighted by Crippen LogP contribution is -2.39. The second-order valence-corrected chi connectivity index (χ2v) is 5.70. The third-order valence-corrected chi connectivity index (χ3v) is 4.01. The van der Waals surface area contributed by atoms with Crippen LogP contribution in [0.15, 0.2) is 0 Å². The maximum atomic E-state index is 5.87. The molecule has 0 spiro atoms. The van der Waals surface area contributed by atoms with Crippen molar-refractivity contribution >= 4 is 16.5 Å². The van der Waals surface area contributed by atoms with Gasteiger partial charge in [0.25, 0.3) is 0 Å². The number of nitrogens with one attached hydrogen (secondary N) is 1. The molecular weight excluding hydrogens is 260 g/mol. The van der Waals surface area contributed by atoms with Crippen molar-refractivity contribution in [1.82, 2.24) is 14.5 Å². The van der Waals surface area contributed by atoms with Gasteiger partial charge in [-0.05, 0) is 32.7 Å². The molecule has 1 N–H and O–H groups in total. The first-order valence-electron chi connectivity index (χ1n) is 7.22. The van der Waals surface area contributed by atoms with Crippen LogP contribution < -0.4 is 5.32 Å². The van der Waals surface area contributed by atoms with Gasteiger partial charge < -0.3 is 10.1 Å². The van der Waals surface area contributed by atoms with Gasteiger partial charge in [0.2, 0.25) is 0 Å². The molecule has 0 amide bonds. The number of ether oxygens (including phenoxy) is 1. The quantitative estimate of drug-likeness (QED) is 0.833. The van der Waals surface area contributed by atoms with E-state index in [0.717, 1.165) is 49.9 Å². The van der Waals surface area contributed by atoms with Crippen molar-refractivity contribution < 1.29 is 4.74 Å². The highest BCUT2D eigenvalue weighted by atomic mass is 32.1. The maximum Gasteiger partial charge on any atom is 0.134 e. The van der Waals surface area contributed by atoms with E-state index in [0.29, 0.717) is 6.10 Å². The standard InChI is InChI=1S/C13H24N4OS/c1-3-8-18-11-6-5-7-17(9-11)10-12-13(14-4-2)19-16-15-12/h11,14H,3-10H2,1-2H3. The number of anilines is 1. The lowest BCUT2D eigenvalue weighted by Gasteiger charge is -2.32. The summed E-state index contributed by atoms with van der Waals surface area (Å²) in [5, 5.41) is 8.68. The fourth-order valence-electron chi connectivity index (χ4n) is 2.40. The van der Waals surface area contributed by atoms with E-state index < -0.39 is 0 Å². The topological polar surface area (TPSA) is 50.3 Å². The smallest absolute Gasteiger partial charge is 0.134 e. The minimum absolute atomic E-state index is 0.392. The number of rotatable bonds is 7. The van der Waals surface area contributed by atoms with E-state index >= 15 is 0 Å². The van der Waals surface area contributed by atoms with E-state index in [-0.39, 0.29) is 0 Å². The van der Waals surface area contributed by atoms with Crippen molar-refractivity contribution in [3.8, 4) is 0 Å². The number of hydrogen-bond donors (Lipinski definition) is 1. The molecule has 108 valence electrons. The molecule has 0 bridgehead atoms. The maximum absolute atomic E-state index is 5.87. The summed E-state index contributed by atoms with van der Waals surface area (Å²) in [6.45, 7) is 9.07. The van der Waals surface area contributed by atoms with Crippen LogP contribution in [-0.4, -0.2) is 46.8 Å². The zero-order valence-corrected chi connectivity index (χ0v) is 12.7. The third kappa shape index (κ3) is 4.40. The highest BCUT2D eigenvalue weighted by Crippen LogP contribution is 2.21. The highest BCUT2D eigenvalue weighted by Gasteiger charge is 2.22. The number of aromatic nitrogens is 2. The predicted molar refractivity (Wildman–Crippen MR) is 78.6 cm³/mol. The van der Waals surface area contributed by atoms with Crippen molar-refractivity contribution in [3.05, 3.63) is 5.69 Å². The van der Waals surface area contributed by atoms with Crippen LogP contribution >= 0.6 is 11.5 Å². The molecule has 1 unspecified atom stereocenters. The van der Waals surface area contributed by atoms with Gasteiger partial charge in [0.1, 0.15) is 10.7 Å². The zero-order valence-electron chi connectivity index (χ0n) is 11.9. The van der Waals surface area contributed by atoms with Gasteiger partial charge in [0.15, 0.2) is 0 Å². The average Bonchev–Trinajstić information content (AvgIpc) is 2.85. The van der Waals surface area contributed by atoms with Crippen LogP contribution in [0.4, 0.5) is 5.00 Å². The van der Waals surface area contributed by atoms with Crippen LogP contribution in [0.1, 0.15) is 38.8 Å². The minimum atomic E-state index is 0.392. The first-order valence-corrected chi connectivity index (χ1v) is 7.99. The van der Waals surface area contributed by atoms with Crippen molar-refractivity contribution in [2.75, 3.05) is 31.6 Å². The van der Waals surface area contributed by atoms with Gasteiger partial charge in [-0.15, -0.1) is 5.10 Å². The normalized spacial score (nSPS) is 20.6. The summed E-state index contributed by atoms with van der Waals surface area (Å²) in [4.78, 5) is 2.43. The van der Waals surface area contributed by atoms with Gasteiger partial charge in [0, 0.05) is 37.8 Å². The fourth-order valence-corrected chi connectivity index (χ4v) is 3.04. The Morgan fingerprint density at radius 1 is 1.47 bits per heavy atom. The summed E-state index contributed by atoms with van der Waals surface area (Å²) < 4.78 is 9.91. The van der Waals surface area contributed by atoms with Crippen molar-refractivity contribution in [3.63, 3.8) is 0 Å². The summed E-state index contributed by atoms with van der Waals surface area (Å²) in [7, 11) is 0. The average molecular weight is 284 g/mol. The largest absolute Gasteiger partial charge is 0.377 e. The van der Waals surface area contributed by atoms with E-state index in [1.165, 1.54) is 24.4 Å². The van der Waals surface area contributed by atoms with Crippen molar-refractivity contribution in [2.24, 2.45) is 0 Å². The molecule has 1 aliphatic rings. The first-order chi connectivity index (χ1) is 9.33. The monoisotopic (exact) mass is 284 g/mol. The van der Waals surface area contributed by atoms with Crippen LogP contribution in [0.2, 0.25) is 0 Å². The fraction of sp³-hybridized carbons (Fsp3) is 0.846. The van der Waals surface area contributed by atoms with Gasteiger partial charge >= 0.3 is 0 Å². The molecule has 0 aliphatic carbocycles. The highest BCUT2D eigenvalue weighted by molar-refractivity contribution is 7.10. The van der Waals surface area contributed by atoms with Gasteiger partial charge in [-0.2, -0.15) is 0 Å². The second-order valence-electron chi connectivity index (χ2n) is 4.95. The minimum Gasteiger partial charge on any atom is -0.377 e. The molecule has 0 radical (unpaired) electrons. The molecule has 2 rings (SSSR count). The molecule has 5 nitrogen and oxygen atoms in total. The summed E-state index contributed by atoms with van der Waals surface area (Å²) in [6.07, 6.45) is 3.88. The Hall–Kier alpha value is -0.720. The van der Waals surface area contributed by atoms with E-state index in [4.69, 9.17) is 4.74 Å². The molecule has 1 fully saturated rings. The molecule has 1 saturated heterocycles. The number of nitrogens with zero attached hydrogens (tertiary/aromatic N) is 3. The number of piperidine rings is 1. The van der Waals surface area contributed by atoms with Gasteiger partial charge in [-0.3, -0.25) is 4.90 Å². The Morgan fingerprint density at radius 2 is 2.37 bits per heavy atom. The van der Waals surface area contributed by atoms with E-state index in [9.17, 15) is 0 Å². The third-order valence-electron chi connectivity index (χ3n) is 3.29. The van der Waals surface area contributed by atoms with Gasteiger partial charge in [0.05, 0.1) is 6.10 Å². The molecule has 0 aromatic carbocycles. The molecule has 6 heteroatoms. The zero-order chi connectivity index (χ0) is 13.5. The molecule has 2 heterocycles. The Morgan fingerprint density at radius 3 is 3.16 bits per heavy atom. The van der Waals surface area contributed by atoms with E-state index in [2.05, 4.69) is 33.7 Å². The molecule has 1 aliphatic heterocycles. The van der Waals surface area contributed by atoms with Gasteiger partial charge in [-0.25, -0.2) is 0 Å². The summed E-state index contributed by atoms with van der Waals surface area (Å²) >= 11 is 1.45. The van der Waals surface area contributed by atoms with Crippen molar-refractivity contribution in [1.29, 1.82) is 0 Å². The van der Waals surface area contributed by atoms with E-state index in [1.54, 1.807) is 0 Å². The molecular formula is C13H24N4OS. The van der Waals surface area contributed by atoms with Crippen LogP contribution in [0.5, 0.6) is 0 Å². The molecule has 19 heavy (non-hydrogen) atoms. The Kier molecular flexibility index (Phi) is 6.00. The van der Waals surface area contributed by atoms with E-state index in [1.807, 2.05) is 0 Å². The van der Waals surface area contributed by atoms with Crippen LogP contribution in [0, 0.1) is 0 Å². The van der Waals surface area contributed by atoms with Gasteiger partial charge in [-0.1, -0.05) is 11.4 Å². The molecule has 1 atom stereocenters. The molecule has 0 saturated carbocycles. The molecule has 1 aromatic heterocycles. The Balaban J connectivity index is 1.85. The number of likely N-dealkylation sites (tertiary alicyclic amines) is 1. The van der Waals surface area contributed by atoms with Crippen LogP contribution in [-0.2, 0) is 11.3 Å². The Labute approximate surface area is 119 Å². The molecule has 1 aromatic rings. The predicted octanol–water partition coefficient (Wildman–Crippen LogP) is 2.36. The van der Waals surface area contributed by atoms with Crippen LogP contribution in [0.3, 0.4) is 0 Å². The van der Waals surface area contributed by atoms with Crippen molar-refractivity contribution in [2.45, 2.75) is 45.8 Å². The van der Waals surface area contributed by atoms with Crippen LogP contribution in [0.25, 0.3) is 0 Å².